The number of azo groups is 1. The van der Waals surface area contributed by atoms with Gasteiger partial charge in [0.15, 0.2) is 11.6 Å². The first-order valence-electron chi connectivity index (χ1n) is 6.66. The van der Waals surface area contributed by atoms with Crippen LogP contribution in [0.2, 0.25) is 0 Å². The van der Waals surface area contributed by atoms with Gasteiger partial charge in [-0.3, -0.25) is 0 Å². The molecule has 0 spiro atoms. The van der Waals surface area contributed by atoms with Crippen LogP contribution in [0.3, 0.4) is 0 Å². The van der Waals surface area contributed by atoms with Crippen LogP contribution in [0.5, 0.6) is 0 Å². The molecular weight excluding hydrogens is 272 g/mol. The zero-order valence-corrected chi connectivity index (χ0v) is 12.4. The average molecular weight is 291 g/mol. The van der Waals surface area contributed by atoms with Gasteiger partial charge in [-0.25, -0.2) is 9.97 Å². The molecule has 0 aliphatic carbocycles. The Balaban J connectivity index is 0.000000286. The standard InChI is InChI=1S/C10H8N4.C5H11Cl/c1-3-7-11-9(5-1)13-14-10-6-2-4-8-12-10;1-2-3-4-5-6/h1-8H;2-5H2,1H3. The first-order chi connectivity index (χ1) is 9.86. The second kappa shape index (κ2) is 11.1. The van der Waals surface area contributed by atoms with Crippen molar-refractivity contribution in [3.63, 3.8) is 0 Å². The number of alkyl halides is 1. The maximum atomic E-state index is 5.38. The monoisotopic (exact) mass is 290 g/mol. The highest BCUT2D eigenvalue weighted by atomic mass is 35.5. The Kier molecular flexibility index (Phi) is 8.98. The maximum Gasteiger partial charge on any atom is 0.174 e. The zero-order valence-electron chi connectivity index (χ0n) is 11.6. The molecule has 0 amide bonds. The van der Waals surface area contributed by atoms with Crippen LogP contribution in [0.25, 0.3) is 0 Å². The number of pyridine rings is 2. The molecule has 0 aromatic carbocycles. The molecule has 0 unspecified atom stereocenters. The molecule has 0 saturated carbocycles. The Morgan fingerprint density at radius 1 is 0.900 bits per heavy atom. The quantitative estimate of drug-likeness (QED) is 0.426. The fourth-order valence-electron chi connectivity index (χ4n) is 1.27. The van der Waals surface area contributed by atoms with Crippen LogP contribution in [0.15, 0.2) is 59.0 Å². The van der Waals surface area contributed by atoms with Crippen molar-refractivity contribution in [3.8, 4) is 0 Å². The number of unbranched alkanes of at least 4 members (excludes halogenated alkanes) is 2. The van der Waals surface area contributed by atoms with Crippen molar-refractivity contribution in [2.24, 2.45) is 10.2 Å². The molecule has 2 heterocycles. The smallest absolute Gasteiger partial charge is 0.174 e. The zero-order chi connectivity index (χ0) is 14.5. The van der Waals surface area contributed by atoms with Gasteiger partial charge in [0.1, 0.15) is 0 Å². The Labute approximate surface area is 125 Å². The van der Waals surface area contributed by atoms with E-state index in [-0.39, 0.29) is 0 Å². The number of hydrogen-bond acceptors (Lipinski definition) is 4. The fourth-order valence-corrected chi connectivity index (χ4v) is 1.46. The Morgan fingerprint density at radius 3 is 1.75 bits per heavy atom. The molecule has 0 aliphatic rings. The lowest BCUT2D eigenvalue weighted by molar-refractivity contribution is 0.776. The van der Waals surface area contributed by atoms with Crippen molar-refractivity contribution in [3.05, 3.63) is 48.8 Å². The van der Waals surface area contributed by atoms with E-state index in [1.165, 1.54) is 19.3 Å². The van der Waals surface area contributed by atoms with E-state index in [1.54, 1.807) is 24.5 Å². The molecule has 0 fully saturated rings. The lowest BCUT2D eigenvalue weighted by Gasteiger charge is -1.89. The van der Waals surface area contributed by atoms with Crippen LogP contribution < -0.4 is 0 Å². The maximum absolute atomic E-state index is 5.38. The lowest BCUT2D eigenvalue weighted by atomic mass is 10.3. The molecule has 20 heavy (non-hydrogen) atoms. The van der Waals surface area contributed by atoms with Crippen LogP contribution in [-0.2, 0) is 0 Å². The van der Waals surface area contributed by atoms with Gasteiger partial charge in [0.25, 0.3) is 0 Å². The molecular formula is C15H19ClN4. The van der Waals surface area contributed by atoms with Crippen molar-refractivity contribution < 1.29 is 0 Å². The van der Waals surface area contributed by atoms with Crippen molar-refractivity contribution in [2.75, 3.05) is 5.88 Å². The van der Waals surface area contributed by atoms with E-state index >= 15 is 0 Å². The first kappa shape index (κ1) is 16.2. The van der Waals surface area contributed by atoms with E-state index in [4.69, 9.17) is 11.6 Å². The molecule has 0 N–H and O–H groups in total. The SMILES string of the molecule is CCCCCCl.c1ccc(N=Nc2ccccn2)nc1. The second-order valence-electron chi connectivity index (χ2n) is 3.97. The molecule has 2 aromatic rings. The van der Waals surface area contributed by atoms with Gasteiger partial charge < -0.3 is 0 Å². The summed E-state index contributed by atoms with van der Waals surface area (Å²) in [4.78, 5) is 8.01. The van der Waals surface area contributed by atoms with Crippen molar-refractivity contribution in [2.45, 2.75) is 26.2 Å². The van der Waals surface area contributed by atoms with Gasteiger partial charge in [-0.05, 0) is 30.7 Å². The van der Waals surface area contributed by atoms with Crippen molar-refractivity contribution >= 4 is 23.2 Å². The highest BCUT2D eigenvalue weighted by Crippen LogP contribution is 2.11. The topological polar surface area (TPSA) is 50.5 Å². The van der Waals surface area contributed by atoms with Crippen molar-refractivity contribution in [1.29, 1.82) is 0 Å². The normalized spacial score (nSPS) is 10.1. The Morgan fingerprint density at radius 2 is 1.45 bits per heavy atom. The highest BCUT2D eigenvalue weighted by Gasteiger charge is 1.88. The van der Waals surface area contributed by atoms with Crippen LogP contribution in [-0.4, -0.2) is 15.8 Å². The summed E-state index contributed by atoms with van der Waals surface area (Å²) < 4.78 is 0. The third-order valence-electron chi connectivity index (χ3n) is 2.29. The van der Waals surface area contributed by atoms with E-state index < -0.39 is 0 Å². The Bertz CT molecular complexity index is 428. The van der Waals surface area contributed by atoms with E-state index in [9.17, 15) is 0 Å². The lowest BCUT2D eigenvalue weighted by Crippen LogP contribution is -1.71. The number of halogens is 1. The van der Waals surface area contributed by atoms with Gasteiger partial charge in [-0.2, -0.15) is 0 Å². The summed E-state index contributed by atoms with van der Waals surface area (Å²) >= 11 is 5.38. The Hall–Kier alpha value is -1.81. The minimum atomic E-state index is 0.582. The van der Waals surface area contributed by atoms with E-state index in [1.807, 2.05) is 24.3 Å². The largest absolute Gasteiger partial charge is 0.236 e. The highest BCUT2D eigenvalue weighted by molar-refractivity contribution is 6.17. The summed E-state index contributed by atoms with van der Waals surface area (Å²) in [5, 5.41) is 7.86. The van der Waals surface area contributed by atoms with Crippen LogP contribution >= 0.6 is 11.6 Å². The third-order valence-corrected chi connectivity index (χ3v) is 2.56. The molecule has 0 aliphatic heterocycles. The molecule has 0 bridgehead atoms. The average Bonchev–Trinajstić information content (AvgIpc) is 2.53. The van der Waals surface area contributed by atoms with Gasteiger partial charge in [-0.1, -0.05) is 31.9 Å². The fraction of sp³-hybridized carbons (Fsp3) is 0.333. The van der Waals surface area contributed by atoms with E-state index in [0.717, 1.165) is 5.88 Å². The van der Waals surface area contributed by atoms with Crippen LogP contribution in [0, 0.1) is 0 Å². The van der Waals surface area contributed by atoms with Crippen LogP contribution in [0.4, 0.5) is 11.6 Å². The molecule has 4 nitrogen and oxygen atoms in total. The first-order valence-corrected chi connectivity index (χ1v) is 7.20. The second-order valence-corrected chi connectivity index (χ2v) is 4.35. The predicted octanol–water partition coefficient (Wildman–Crippen LogP) is 5.31. The van der Waals surface area contributed by atoms with Crippen molar-refractivity contribution in [1.82, 2.24) is 9.97 Å². The number of aromatic nitrogens is 2. The predicted molar refractivity (Wildman–Crippen MR) is 82.9 cm³/mol. The van der Waals surface area contributed by atoms with E-state index in [0.29, 0.717) is 11.6 Å². The van der Waals surface area contributed by atoms with Gasteiger partial charge in [0.2, 0.25) is 0 Å². The van der Waals surface area contributed by atoms with E-state index in [2.05, 4.69) is 27.1 Å². The molecule has 0 atom stereocenters. The summed E-state index contributed by atoms with van der Waals surface area (Å²) in [7, 11) is 0. The minimum absolute atomic E-state index is 0.582. The summed E-state index contributed by atoms with van der Waals surface area (Å²) in [5.41, 5.74) is 0. The third kappa shape index (κ3) is 7.59. The molecule has 0 radical (unpaired) electrons. The summed E-state index contributed by atoms with van der Waals surface area (Å²) in [6.07, 6.45) is 7.08. The van der Waals surface area contributed by atoms with Gasteiger partial charge in [0.05, 0.1) is 0 Å². The van der Waals surface area contributed by atoms with Gasteiger partial charge in [0, 0.05) is 18.3 Å². The number of nitrogens with zero attached hydrogens (tertiary/aromatic N) is 4. The van der Waals surface area contributed by atoms with Crippen LogP contribution in [0.1, 0.15) is 26.2 Å². The minimum Gasteiger partial charge on any atom is -0.236 e. The molecule has 106 valence electrons. The molecule has 5 heteroatoms. The molecule has 0 saturated heterocycles. The van der Waals surface area contributed by atoms with Gasteiger partial charge >= 0.3 is 0 Å². The summed E-state index contributed by atoms with van der Waals surface area (Å²) in [6.45, 7) is 2.17. The summed E-state index contributed by atoms with van der Waals surface area (Å²) in [5.74, 6) is 1.99. The number of hydrogen-bond donors (Lipinski definition) is 0. The molecule has 2 rings (SSSR count). The molecule has 2 aromatic heterocycles. The summed E-state index contributed by atoms with van der Waals surface area (Å²) in [6, 6.07) is 11.0. The number of rotatable bonds is 5. The van der Waals surface area contributed by atoms with Gasteiger partial charge in [-0.15, -0.1) is 21.8 Å².